The molecule has 29 heavy (non-hydrogen) atoms. The summed E-state index contributed by atoms with van der Waals surface area (Å²) in [7, 11) is 0. The molecule has 0 bridgehead atoms. The number of halogens is 1. The van der Waals surface area contributed by atoms with Gasteiger partial charge in [0.05, 0.1) is 11.4 Å². The van der Waals surface area contributed by atoms with Crippen LogP contribution in [0.1, 0.15) is 34.8 Å². The first-order valence-electron chi connectivity index (χ1n) is 9.03. The first-order valence-corrected chi connectivity index (χ1v) is 10.2. The number of azo groups is 1. The van der Waals surface area contributed by atoms with Crippen molar-refractivity contribution in [1.29, 1.82) is 0 Å². The second-order valence-electron chi connectivity index (χ2n) is 6.56. The Morgan fingerprint density at radius 3 is 2.52 bits per heavy atom. The fraction of sp³-hybridized carbons (Fsp3) is 0.150. The van der Waals surface area contributed by atoms with Gasteiger partial charge in [0, 0.05) is 16.0 Å². The Kier molecular flexibility index (Phi) is 5.77. The van der Waals surface area contributed by atoms with Crippen LogP contribution in [-0.4, -0.2) is 21.2 Å². The largest absolute Gasteiger partial charge is 0.314 e. The van der Waals surface area contributed by atoms with E-state index in [9.17, 15) is 4.79 Å². The number of nitrogens with one attached hydrogen (secondary N) is 3. The third-order valence-corrected chi connectivity index (χ3v) is 5.07. The summed E-state index contributed by atoms with van der Waals surface area (Å²) in [6, 6.07) is 16.4. The number of hydrogen-bond donors (Lipinski definition) is 3. The lowest BCUT2D eigenvalue weighted by Gasteiger charge is -2.08. The Morgan fingerprint density at radius 2 is 1.83 bits per heavy atom. The first kappa shape index (κ1) is 19.4. The quantitative estimate of drug-likeness (QED) is 0.335. The lowest BCUT2D eigenvalue weighted by molar-refractivity contribution is 0.0977. The Balaban J connectivity index is 1.50. The topological polar surface area (TPSA) is 94.5 Å². The smallest absolute Gasteiger partial charge is 0.257 e. The van der Waals surface area contributed by atoms with Crippen molar-refractivity contribution in [2.75, 3.05) is 5.32 Å². The lowest BCUT2D eigenvalue weighted by Crippen LogP contribution is -2.34. The van der Waals surface area contributed by atoms with E-state index in [0.717, 1.165) is 28.7 Å². The maximum atomic E-state index is 12.3. The van der Waals surface area contributed by atoms with Crippen molar-refractivity contribution < 1.29 is 4.79 Å². The molecule has 0 unspecified atom stereocenters. The molecule has 4 rings (SSSR count). The number of carbonyl (C=O) groups excluding carboxylic acids is 1. The average molecular weight is 469 g/mol. The number of amides is 1. The van der Waals surface area contributed by atoms with Gasteiger partial charge in [0.1, 0.15) is 0 Å². The number of aromatic nitrogens is 2. The van der Waals surface area contributed by atoms with E-state index in [1.54, 1.807) is 24.3 Å². The molecule has 7 nitrogen and oxygen atoms in total. The zero-order chi connectivity index (χ0) is 20.2. The van der Waals surface area contributed by atoms with Crippen molar-refractivity contribution in [2.24, 2.45) is 10.2 Å². The number of carbonyl (C=O) groups is 1. The molecule has 9 heteroatoms. The van der Waals surface area contributed by atoms with E-state index in [1.807, 2.05) is 30.3 Å². The number of H-pyrrole nitrogens is 1. The molecule has 1 heterocycles. The number of rotatable bonds is 5. The van der Waals surface area contributed by atoms with Crippen molar-refractivity contribution in [3.8, 4) is 0 Å². The molecule has 0 spiro atoms. The molecule has 2 aromatic carbocycles. The molecule has 0 atom stereocenters. The minimum atomic E-state index is -0.293. The summed E-state index contributed by atoms with van der Waals surface area (Å²) in [6.07, 6.45) is 2.16. The van der Waals surface area contributed by atoms with E-state index in [-0.39, 0.29) is 11.0 Å². The minimum Gasteiger partial charge on any atom is -0.314 e. The van der Waals surface area contributed by atoms with Crippen molar-refractivity contribution in [3.05, 3.63) is 70.3 Å². The molecule has 1 amide bonds. The summed E-state index contributed by atoms with van der Waals surface area (Å²) in [5, 5.41) is 21.8. The zero-order valence-electron chi connectivity index (χ0n) is 15.2. The van der Waals surface area contributed by atoms with Crippen LogP contribution in [0.2, 0.25) is 0 Å². The van der Waals surface area contributed by atoms with Gasteiger partial charge in [-0.1, -0.05) is 34.1 Å². The summed E-state index contributed by atoms with van der Waals surface area (Å²) in [6.45, 7) is 0. The van der Waals surface area contributed by atoms with Crippen LogP contribution in [0.5, 0.6) is 0 Å². The Hall–Kier alpha value is -2.91. The summed E-state index contributed by atoms with van der Waals surface area (Å²) >= 11 is 8.68. The molecular weight excluding hydrogens is 452 g/mol. The number of anilines is 1. The van der Waals surface area contributed by atoms with Gasteiger partial charge < -0.3 is 5.32 Å². The molecule has 3 N–H and O–H groups in total. The highest BCUT2D eigenvalue weighted by atomic mass is 79.9. The van der Waals surface area contributed by atoms with Gasteiger partial charge >= 0.3 is 0 Å². The van der Waals surface area contributed by atoms with E-state index in [0.29, 0.717) is 23.0 Å². The van der Waals surface area contributed by atoms with Crippen LogP contribution in [0.15, 0.2) is 69.3 Å². The maximum absolute atomic E-state index is 12.3. The summed E-state index contributed by atoms with van der Waals surface area (Å²) in [5.41, 5.74) is 2.77. The molecule has 1 aliphatic rings. The van der Waals surface area contributed by atoms with E-state index in [1.165, 1.54) is 0 Å². The molecular formula is C20H17BrN6OS. The van der Waals surface area contributed by atoms with Crippen LogP contribution in [-0.2, 0) is 0 Å². The van der Waals surface area contributed by atoms with Crippen LogP contribution >= 0.6 is 28.1 Å². The third kappa shape index (κ3) is 4.93. The standard InChI is InChI=1S/C20H17BrN6OS/c21-14-8-10-15(11-9-14)24-26-17-16(12-6-7-12)25-27-18(17)22-20(29)23-19(28)13-4-2-1-3-5-13/h1-5,8-12H,6-7H2,(H3,22,23,25,27,28,29). The molecule has 1 aliphatic carbocycles. The highest BCUT2D eigenvalue weighted by molar-refractivity contribution is 9.10. The summed E-state index contributed by atoms with van der Waals surface area (Å²) in [5.74, 6) is 0.537. The number of thiocarbonyl (C=S) groups is 1. The molecule has 0 aliphatic heterocycles. The Labute approximate surface area is 181 Å². The molecule has 1 aromatic heterocycles. The van der Waals surface area contributed by atoms with Gasteiger partial charge in [0.25, 0.3) is 5.91 Å². The predicted octanol–water partition coefficient (Wildman–Crippen LogP) is 5.59. The van der Waals surface area contributed by atoms with Crippen LogP contribution in [0, 0.1) is 0 Å². The predicted molar refractivity (Wildman–Crippen MR) is 119 cm³/mol. The van der Waals surface area contributed by atoms with E-state index in [4.69, 9.17) is 12.2 Å². The molecule has 1 saturated carbocycles. The second-order valence-corrected chi connectivity index (χ2v) is 7.88. The van der Waals surface area contributed by atoms with E-state index >= 15 is 0 Å². The van der Waals surface area contributed by atoms with Crippen LogP contribution in [0.4, 0.5) is 17.2 Å². The molecule has 146 valence electrons. The van der Waals surface area contributed by atoms with Gasteiger partial charge in [-0.15, -0.1) is 5.11 Å². The number of benzene rings is 2. The average Bonchev–Trinajstić information content (AvgIpc) is 3.50. The zero-order valence-corrected chi connectivity index (χ0v) is 17.6. The van der Waals surface area contributed by atoms with Crippen molar-refractivity contribution in [3.63, 3.8) is 0 Å². The fourth-order valence-electron chi connectivity index (χ4n) is 2.71. The van der Waals surface area contributed by atoms with Crippen molar-refractivity contribution in [1.82, 2.24) is 15.5 Å². The third-order valence-electron chi connectivity index (χ3n) is 4.34. The SMILES string of the molecule is O=C(NC(=S)Nc1n[nH]c(C2CC2)c1N=Nc1ccc(Br)cc1)c1ccccc1. The van der Waals surface area contributed by atoms with Gasteiger partial charge in [-0.05, 0) is 61.5 Å². The molecule has 1 fully saturated rings. The Bertz CT molecular complexity index is 1060. The normalized spacial score (nSPS) is 13.4. The van der Waals surface area contributed by atoms with Gasteiger partial charge in [0.15, 0.2) is 16.6 Å². The minimum absolute atomic E-state index is 0.146. The summed E-state index contributed by atoms with van der Waals surface area (Å²) in [4.78, 5) is 12.3. The number of nitrogens with zero attached hydrogens (tertiary/aromatic N) is 3. The van der Waals surface area contributed by atoms with Gasteiger partial charge in [0.2, 0.25) is 0 Å². The van der Waals surface area contributed by atoms with E-state index < -0.39 is 0 Å². The van der Waals surface area contributed by atoms with Crippen molar-refractivity contribution in [2.45, 2.75) is 18.8 Å². The van der Waals surface area contributed by atoms with E-state index in [2.05, 4.69) is 47.0 Å². The Morgan fingerprint density at radius 1 is 1.10 bits per heavy atom. The number of hydrogen-bond acceptors (Lipinski definition) is 5. The summed E-state index contributed by atoms with van der Waals surface area (Å²) < 4.78 is 0.972. The number of aromatic amines is 1. The van der Waals surface area contributed by atoms with Crippen molar-refractivity contribution >= 4 is 56.4 Å². The first-order chi connectivity index (χ1) is 14.1. The maximum Gasteiger partial charge on any atom is 0.257 e. The molecule has 3 aromatic rings. The van der Waals surface area contributed by atoms with Crippen LogP contribution < -0.4 is 10.6 Å². The molecule has 0 saturated heterocycles. The highest BCUT2D eigenvalue weighted by Gasteiger charge is 2.30. The van der Waals surface area contributed by atoms with Gasteiger partial charge in [-0.2, -0.15) is 10.2 Å². The van der Waals surface area contributed by atoms with Gasteiger partial charge in [-0.25, -0.2) is 0 Å². The lowest BCUT2D eigenvalue weighted by atomic mass is 10.2. The highest BCUT2D eigenvalue weighted by Crippen LogP contribution is 2.45. The van der Waals surface area contributed by atoms with Crippen LogP contribution in [0.25, 0.3) is 0 Å². The van der Waals surface area contributed by atoms with Gasteiger partial charge in [-0.3, -0.25) is 15.2 Å². The molecule has 0 radical (unpaired) electrons. The monoisotopic (exact) mass is 468 g/mol. The second kappa shape index (κ2) is 8.62. The fourth-order valence-corrected chi connectivity index (χ4v) is 3.17. The van der Waals surface area contributed by atoms with Crippen LogP contribution in [0.3, 0.4) is 0 Å².